The first-order valence-corrected chi connectivity index (χ1v) is 13.0. The Bertz CT molecular complexity index is 1430. The number of carbonyl (C=O) groups excluding carboxylic acids is 1. The van der Waals surface area contributed by atoms with Gasteiger partial charge in [0, 0.05) is 32.4 Å². The second kappa shape index (κ2) is 12.4. The van der Waals surface area contributed by atoms with Crippen LogP contribution in [0.4, 0.5) is 11.5 Å². The highest BCUT2D eigenvalue weighted by atomic mass is 32.2. The molecular weight excluding hydrogens is 492 g/mol. The van der Waals surface area contributed by atoms with E-state index >= 15 is 0 Å². The van der Waals surface area contributed by atoms with Gasteiger partial charge in [0.1, 0.15) is 5.82 Å². The van der Waals surface area contributed by atoms with E-state index in [4.69, 9.17) is 10.5 Å². The zero-order chi connectivity index (χ0) is 26.2. The first-order chi connectivity index (χ1) is 18.0. The van der Waals surface area contributed by atoms with Crippen LogP contribution in [-0.4, -0.2) is 51.4 Å². The summed E-state index contributed by atoms with van der Waals surface area (Å²) in [5, 5.41) is 0.791. The number of nitrogens with one attached hydrogen (secondary N) is 2. The van der Waals surface area contributed by atoms with Crippen LogP contribution in [0, 0.1) is 0 Å². The van der Waals surface area contributed by atoms with Gasteiger partial charge in [0.25, 0.3) is 5.56 Å². The van der Waals surface area contributed by atoms with E-state index in [1.165, 1.54) is 21.2 Å². The van der Waals surface area contributed by atoms with Crippen molar-refractivity contribution in [3.05, 3.63) is 81.0 Å². The van der Waals surface area contributed by atoms with E-state index in [-0.39, 0.29) is 36.9 Å². The topological polar surface area (TPSA) is 139 Å². The van der Waals surface area contributed by atoms with Gasteiger partial charge in [-0.2, -0.15) is 0 Å². The SMILES string of the molecule is COCCCN(C(=O)CCCSc1nc2ccccc2[nH]1)c1c(N)n(Cc2ccccc2)c(=O)[nH]c1=O. The summed E-state index contributed by atoms with van der Waals surface area (Å²) in [5.74, 6) is 0.375. The summed E-state index contributed by atoms with van der Waals surface area (Å²) in [6, 6.07) is 17.1. The van der Waals surface area contributed by atoms with E-state index in [1.807, 2.05) is 54.6 Å². The molecule has 0 radical (unpaired) electrons. The highest BCUT2D eigenvalue weighted by Gasteiger charge is 2.24. The van der Waals surface area contributed by atoms with Crippen molar-refractivity contribution in [2.45, 2.75) is 31.0 Å². The van der Waals surface area contributed by atoms with E-state index in [0.29, 0.717) is 25.2 Å². The molecular formula is C26H30N6O4S. The number of ether oxygens (including phenoxy) is 1. The lowest BCUT2D eigenvalue weighted by molar-refractivity contribution is -0.118. The van der Waals surface area contributed by atoms with Crippen molar-refractivity contribution in [3.8, 4) is 0 Å². The molecule has 4 rings (SSSR count). The van der Waals surface area contributed by atoms with Crippen molar-refractivity contribution < 1.29 is 9.53 Å². The first-order valence-electron chi connectivity index (χ1n) is 12.0. The lowest BCUT2D eigenvalue weighted by Gasteiger charge is -2.24. The molecule has 2 aromatic heterocycles. The second-order valence-electron chi connectivity index (χ2n) is 8.47. The van der Waals surface area contributed by atoms with Gasteiger partial charge in [0.05, 0.1) is 17.6 Å². The number of aromatic amines is 2. The number of carbonyl (C=O) groups is 1. The third-order valence-corrected chi connectivity index (χ3v) is 6.80. The summed E-state index contributed by atoms with van der Waals surface area (Å²) in [5.41, 5.74) is 7.72. The first kappa shape index (κ1) is 26.2. The van der Waals surface area contributed by atoms with Gasteiger partial charge in [0.2, 0.25) is 5.91 Å². The van der Waals surface area contributed by atoms with Crippen molar-refractivity contribution >= 4 is 40.2 Å². The Labute approximate surface area is 217 Å². The summed E-state index contributed by atoms with van der Waals surface area (Å²) in [6.45, 7) is 0.816. The van der Waals surface area contributed by atoms with Crippen LogP contribution < -0.4 is 21.9 Å². The van der Waals surface area contributed by atoms with Gasteiger partial charge >= 0.3 is 5.69 Å². The summed E-state index contributed by atoms with van der Waals surface area (Å²) < 4.78 is 6.42. The maximum atomic E-state index is 13.3. The molecule has 0 fully saturated rings. The molecule has 10 nitrogen and oxygen atoms in total. The molecule has 4 aromatic rings. The van der Waals surface area contributed by atoms with E-state index in [0.717, 1.165) is 21.8 Å². The summed E-state index contributed by atoms with van der Waals surface area (Å²) in [6.07, 6.45) is 1.28. The van der Waals surface area contributed by atoms with Crippen molar-refractivity contribution in [2.75, 3.05) is 36.6 Å². The Morgan fingerprint density at radius 1 is 1.08 bits per heavy atom. The summed E-state index contributed by atoms with van der Waals surface area (Å²) in [7, 11) is 1.57. The average molecular weight is 523 g/mol. The molecule has 0 aliphatic heterocycles. The number of hydrogen-bond acceptors (Lipinski definition) is 7. The molecule has 1 amide bonds. The van der Waals surface area contributed by atoms with Gasteiger partial charge in [-0.25, -0.2) is 9.78 Å². The Morgan fingerprint density at radius 3 is 2.59 bits per heavy atom. The smallest absolute Gasteiger partial charge is 0.330 e. The van der Waals surface area contributed by atoms with Gasteiger partial charge in [-0.1, -0.05) is 54.2 Å². The number of imidazole rings is 1. The van der Waals surface area contributed by atoms with E-state index in [1.54, 1.807) is 7.11 Å². The Hall–Kier alpha value is -3.83. The number of anilines is 2. The number of rotatable bonds is 12. The number of nitrogen functional groups attached to an aromatic ring is 1. The van der Waals surface area contributed by atoms with Gasteiger partial charge in [0.15, 0.2) is 10.8 Å². The lowest BCUT2D eigenvalue weighted by atomic mass is 10.2. The number of para-hydroxylation sites is 2. The van der Waals surface area contributed by atoms with Crippen molar-refractivity contribution in [1.29, 1.82) is 0 Å². The normalized spacial score (nSPS) is 11.2. The lowest BCUT2D eigenvalue weighted by Crippen LogP contribution is -2.42. The Balaban J connectivity index is 1.49. The minimum Gasteiger partial charge on any atom is -0.385 e. The number of benzene rings is 2. The number of methoxy groups -OCH3 is 1. The van der Waals surface area contributed by atoms with Crippen LogP contribution in [0.15, 0.2) is 69.3 Å². The van der Waals surface area contributed by atoms with Crippen LogP contribution in [0.3, 0.4) is 0 Å². The number of nitrogens with zero attached hydrogens (tertiary/aromatic N) is 3. The second-order valence-corrected chi connectivity index (χ2v) is 9.55. The maximum Gasteiger partial charge on any atom is 0.330 e. The molecule has 37 heavy (non-hydrogen) atoms. The molecule has 0 aliphatic carbocycles. The zero-order valence-electron chi connectivity index (χ0n) is 20.6. The van der Waals surface area contributed by atoms with Crippen LogP contribution >= 0.6 is 11.8 Å². The molecule has 194 valence electrons. The fourth-order valence-corrected chi connectivity index (χ4v) is 4.84. The Kier molecular flexibility index (Phi) is 8.81. The quantitative estimate of drug-likeness (QED) is 0.192. The van der Waals surface area contributed by atoms with E-state index in [9.17, 15) is 14.4 Å². The predicted octanol–water partition coefficient (Wildman–Crippen LogP) is 2.99. The van der Waals surface area contributed by atoms with Crippen molar-refractivity contribution in [2.24, 2.45) is 0 Å². The summed E-state index contributed by atoms with van der Waals surface area (Å²) >= 11 is 1.53. The third-order valence-electron chi connectivity index (χ3n) is 5.84. The molecule has 0 saturated carbocycles. The number of aromatic nitrogens is 4. The molecule has 0 bridgehead atoms. The number of nitrogens with two attached hydrogens (primary N) is 1. The summed E-state index contributed by atoms with van der Waals surface area (Å²) in [4.78, 5) is 50.2. The number of fused-ring (bicyclic) bond motifs is 1. The maximum absolute atomic E-state index is 13.3. The fraction of sp³-hybridized carbons (Fsp3) is 0.308. The van der Waals surface area contributed by atoms with E-state index in [2.05, 4.69) is 15.0 Å². The van der Waals surface area contributed by atoms with Crippen LogP contribution in [-0.2, 0) is 16.1 Å². The van der Waals surface area contributed by atoms with Crippen LogP contribution in [0.25, 0.3) is 11.0 Å². The van der Waals surface area contributed by atoms with Crippen molar-refractivity contribution in [3.63, 3.8) is 0 Å². The molecule has 11 heteroatoms. The zero-order valence-corrected chi connectivity index (χ0v) is 21.4. The standard InChI is InChI=1S/C26H30N6O4S/c1-36-15-8-14-31(21(33)13-7-16-37-25-28-19-11-5-6-12-20(19)29-25)22-23(27)32(26(35)30-24(22)34)17-18-9-3-2-4-10-18/h2-6,9-12H,7-8,13-17,27H2,1H3,(H,28,29)(H,30,34,35). The van der Waals surface area contributed by atoms with E-state index < -0.39 is 11.2 Å². The Morgan fingerprint density at radius 2 is 1.84 bits per heavy atom. The molecule has 2 heterocycles. The van der Waals surface area contributed by atoms with Gasteiger partial charge in [-0.05, 0) is 30.5 Å². The number of hydrogen-bond donors (Lipinski definition) is 3. The molecule has 0 aliphatic rings. The number of amides is 1. The minimum atomic E-state index is -0.686. The molecule has 0 saturated heterocycles. The molecule has 0 unspecified atom stereocenters. The molecule has 2 aromatic carbocycles. The fourth-order valence-electron chi connectivity index (χ4n) is 4.01. The third kappa shape index (κ3) is 6.49. The number of thioether (sulfide) groups is 1. The van der Waals surface area contributed by atoms with Crippen molar-refractivity contribution in [1.82, 2.24) is 19.5 Å². The monoisotopic (exact) mass is 522 g/mol. The van der Waals surface area contributed by atoms with Crippen LogP contribution in [0.1, 0.15) is 24.8 Å². The van der Waals surface area contributed by atoms with Crippen LogP contribution in [0.2, 0.25) is 0 Å². The minimum absolute atomic E-state index is 0.0124. The highest BCUT2D eigenvalue weighted by Crippen LogP contribution is 2.22. The molecule has 0 spiro atoms. The van der Waals surface area contributed by atoms with Gasteiger partial charge in [-0.3, -0.25) is 19.1 Å². The van der Waals surface area contributed by atoms with Gasteiger partial charge in [-0.15, -0.1) is 0 Å². The highest BCUT2D eigenvalue weighted by molar-refractivity contribution is 7.99. The van der Waals surface area contributed by atoms with Crippen LogP contribution in [0.5, 0.6) is 0 Å². The average Bonchev–Trinajstić information content (AvgIpc) is 3.31. The van der Waals surface area contributed by atoms with Gasteiger partial charge < -0.3 is 20.4 Å². The largest absolute Gasteiger partial charge is 0.385 e. The predicted molar refractivity (Wildman–Crippen MR) is 146 cm³/mol. The number of H-pyrrole nitrogens is 2. The molecule has 4 N–H and O–H groups in total. The molecule has 0 atom stereocenters.